The van der Waals surface area contributed by atoms with Crippen LogP contribution >= 0.6 is 11.6 Å². The topological polar surface area (TPSA) is 15.3 Å². The summed E-state index contributed by atoms with van der Waals surface area (Å²) in [6, 6.07) is 18.0. The van der Waals surface area contributed by atoms with Crippen molar-refractivity contribution in [3.05, 3.63) is 59.6 Å². The van der Waals surface area contributed by atoms with Gasteiger partial charge in [-0.2, -0.15) is 0 Å². The Morgan fingerprint density at radius 3 is 2.00 bits per heavy atom. The molecule has 0 atom stereocenters. The molecule has 0 aliphatic carbocycles. The van der Waals surface area contributed by atoms with Crippen LogP contribution in [-0.2, 0) is 0 Å². The van der Waals surface area contributed by atoms with Crippen molar-refractivity contribution in [2.75, 3.05) is 30.9 Å². The van der Waals surface area contributed by atoms with E-state index in [1.807, 2.05) is 61.5 Å². The molecule has 3 heteroatoms. The Bertz CT molecular complexity index is 469. The number of hydrogen-bond donors (Lipinski definition) is 1. The van der Waals surface area contributed by atoms with Crippen molar-refractivity contribution in [1.29, 1.82) is 0 Å². The van der Waals surface area contributed by atoms with E-state index in [0.29, 0.717) is 0 Å². The molecular formula is C16H21ClN2. The lowest BCUT2D eigenvalue weighted by Crippen LogP contribution is -2.08. The van der Waals surface area contributed by atoms with Crippen LogP contribution in [0, 0.1) is 0 Å². The van der Waals surface area contributed by atoms with Crippen LogP contribution in [0.25, 0.3) is 0 Å². The van der Waals surface area contributed by atoms with E-state index in [-0.39, 0.29) is 0 Å². The Morgan fingerprint density at radius 2 is 1.53 bits per heavy atom. The molecule has 0 aromatic heterocycles. The molecular weight excluding hydrogens is 256 g/mol. The summed E-state index contributed by atoms with van der Waals surface area (Å²) in [4.78, 5) is 1.99. The maximum absolute atomic E-state index is 5.88. The Morgan fingerprint density at radius 1 is 0.947 bits per heavy atom. The molecule has 0 aliphatic rings. The van der Waals surface area contributed by atoms with E-state index in [0.717, 1.165) is 17.3 Å². The minimum atomic E-state index is 0.799. The van der Waals surface area contributed by atoms with E-state index in [2.05, 4.69) is 24.4 Å². The highest BCUT2D eigenvalue weighted by Crippen LogP contribution is 2.22. The molecule has 102 valence electrons. The fourth-order valence-electron chi connectivity index (χ4n) is 1.57. The van der Waals surface area contributed by atoms with Gasteiger partial charge in [-0.25, -0.2) is 0 Å². The van der Waals surface area contributed by atoms with Gasteiger partial charge in [0.2, 0.25) is 0 Å². The van der Waals surface area contributed by atoms with Crippen LogP contribution < -0.4 is 10.2 Å². The average Bonchev–Trinajstić information content (AvgIpc) is 2.41. The molecule has 0 bridgehead atoms. The van der Waals surface area contributed by atoms with Crippen molar-refractivity contribution in [3.8, 4) is 0 Å². The van der Waals surface area contributed by atoms with Gasteiger partial charge in [0.15, 0.2) is 0 Å². The van der Waals surface area contributed by atoms with E-state index in [4.69, 9.17) is 11.6 Å². The molecule has 0 unspecified atom stereocenters. The highest BCUT2D eigenvalue weighted by atomic mass is 35.5. The first-order valence-electron chi connectivity index (χ1n) is 6.36. The smallest absolute Gasteiger partial charge is 0.0639 e. The van der Waals surface area contributed by atoms with Crippen LogP contribution in [0.3, 0.4) is 0 Å². The fraction of sp³-hybridized carbons (Fsp3) is 0.250. The first-order valence-corrected chi connectivity index (χ1v) is 6.73. The second-order valence-corrected chi connectivity index (χ2v) is 4.65. The molecule has 0 fully saturated rings. The van der Waals surface area contributed by atoms with Gasteiger partial charge >= 0.3 is 0 Å². The average molecular weight is 277 g/mol. The maximum atomic E-state index is 5.88. The molecule has 0 aliphatic heterocycles. The van der Waals surface area contributed by atoms with Gasteiger partial charge in [-0.3, -0.25) is 0 Å². The minimum Gasteiger partial charge on any atom is -0.385 e. The van der Waals surface area contributed by atoms with Crippen LogP contribution in [0.1, 0.15) is 6.92 Å². The number of halogens is 1. The number of nitrogens with zero attached hydrogens (tertiary/aromatic N) is 1. The van der Waals surface area contributed by atoms with E-state index in [1.54, 1.807) is 0 Å². The number of para-hydroxylation sites is 2. The summed E-state index contributed by atoms with van der Waals surface area (Å²) in [5, 5.41) is 4.01. The Kier molecular flexibility index (Phi) is 6.83. The predicted octanol–water partition coefficient (Wildman–Crippen LogP) is 4.52. The van der Waals surface area contributed by atoms with Crippen molar-refractivity contribution in [1.82, 2.24) is 0 Å². The summed E-state index contributed by atoms with van der Waals surface area (Å²) in [6.07, 6.45) is 0. The van der Waals surface area contributed by atoms with Crippen LogP contribution in [0.2, 0.25) is 5.02 Å². The van der Waals surface area contributed by atoms with Gasteiger partial charge in [-0.1, -0.05) is 41.9 Å². The highest BCUT2D eigenvalue weighted by molar-refractivity contribution is 6.33. The standard InChI is InChI=1S/C8H10ClN.C8H11N/c1-10(2)8-6-4-3-5-7(8)9;1-2-9-8-6-4-3-5-7-8/h3-6H,1-2H3;3-7,9H,2H2,1H3. The van der Waals surface area contributed by atoms with Crippen molar-refractivity contribution < 1.29 is 0 Å². The van der Waals surface area contributed by atoms with Crippen LogP contribution in [0.15, 0.2) is 54.6 Å². The summed E-state index contributed by atoms with van der Waals surface area (Å²) in [5.41, 5.74) is 2.25. The second kappa shape index (κ2) is 8.44. The van der Waals surface area contributed by atoms with E-state index in [1.165, 1.54) is 5.69 Å². The molecule has 0 heterocycles. The zero-order chi connectivity index (χ0) is 14.1. The molecule has 0 radical (unpaired) electrons. The molecule has 0 saturated heterocycles. The van der Waals surface area contributed by atoms with Crippen molar-refractivity contribution in [3.63, 3.8) is 0 Å². The van der Waals surface area contributed by atoms with Crippen molar-refractivity contribution in [2.24, 2.45) is 0 Å². The number of hydrogen-bond acceptors (Lipinski definition) is 2. The third kappa shape index (κ3) is 5.66. The van der Waals surface area contributed by atoms with E-state index in [9.17, 15) is 0 Å². The van der Waals surface area contributed by atoms with Gasteiger partial charge in [-0.15, -0.1) is 0 Å². The monoisotopic (exact) mass is 276 g/mol. The Hall–Kier alpha value is -1.67. The number of rotatable bonds is 3. The van der Waals surface area contributed by atoms with Crippen LogP contribution in [-0.4, -0.2) is 20.6 Å². The molecule has 2 nitrogen and oxygen atoms in total. The Labute approximate surface area is 121 Å². The minimum absolute atomic E-state index is 0.799. The van der Waals surface area contributed by atoms with Gasteiger partial charge in [0, 0.05) is 26.3 Å². The molecule has 2 aromatic rings. The zero-order valence-corrected chi connectivity index (χ0v) is 12.5. The number of nitrogens with one attached hydrogen (secondary N) is 1. The molecule has 0 amide bonds. The van der Waals surface area contributed by atoms with Gasteiger partial charge in [0.25, 0.3) is 0 Å². The lowest BCUT2D eigenvalue weighted by molar-refractivity contribution is 1.13. The van der Waals surface area contributed by atoms with Gasteiger partial charge < -0.3 is 10.2 Å². The SMILES string of the molecule is CCNc1ccccc1.CN(C)c1ccccc1Cl. The van der Waals surface area contributed by atoms with Gasteiger partial charge in [0.1, 0.15) is 0 Å². The maximum Gasteiger partial charge on any atom is 0.0639 e. The number of benzene rings is 2. The van der Waals surface area contributed by atoms with E-state index >= 15 is 0 Å². The second-order valence-electron chi connectivity index (χ2n) is 4.24. The van der Waals surface area contributed by atoms with Crippen molar-refractivity contribution >= 4 is 23.0 Å². The summed E-state index contributed by atoms with van der Waals surface area (Å²) in [5.74, 6) is 0. The van der Waals surface area contributed by atoms with Crippen LogP contribution in [0.5, 0.6) is 0 Å². The number of anilines is 2. The molecule has 0 spiro atoms. The fourth-order valence-corrected chi connectivity index (χ4v) is 1.88. The molecule has 0 saturated carbocycles. The van der Waals surface area contributed by atoms with Crippen molar-refractivity contribution in [2.45, 2.75) is 6.92 Å². The Balaban J connectivity index is 0.000000191. The first kappa shape index (κ1) is 15.4. The summed E-state index contributed by atoms with van der Waals surface area (Å²) in [6.45, 7) is 3.08. The molecule has 1 N–H and O–H groups in total. The lowest BCUT2D eigenvalue weighted by atomic mass is 10.3. The molecule has 19 heavy (non-hydrogen) atoms. The lowest BCUT2D eigenvalue weighted by Gasteiger charge is -2.12. The van der Waals surface area contributed by atoms with E-state index < -0.39 is 0 Å². The normalized spacial score (nSPS) is 9.26. The molecule has 2 rings (SSSR count). The van der Waals surface area contributed by atoms with Crippen LogP contribution in [0.4, 0.5) is 11.4 Å². The summed E-state index contributed by atoms with van der Waals surface area (Å²) in [7, 11) is 3.95. The quantitative estimate of drug-likeness (QED) is 0.886. The molecule has 2 aromatic carbocycles. The largest absolute Gasteiger partial charge is 0.385 e. The first-order chi connectivity index (χ1) is 9.15. The van der Waals surface area contributed by atoms with Gasteiger partial charge in [-0.05, 0) is 31.2 Å². The third-order valence-corrected chi connectivity index (χ3v) is 2.81. The highest BCUT2D eigenvalue weighted by Gasteiger charge is 1.97. The van der Waals surface area contributed by atoms with Gasteiger partial charge in [0.05, 0.1) is 10.7 Å². The summed E-state index contributed by atoms with van der Waals surface area (Å²) < 4.78 is 0. The zero-order valence-electron chi connectivity index (χ0n) is 11.7. The third-order valence-electron chi connectivity index (χ3n) is 2.49. The predicted molar refractivity (Wildman–Crippen MR) is 86.4 cm³/mol. The summed E-state index contributed by atoms with van der Waals surface area (Å²) >= 11 is 5.88.